The first kappa shape index (κ1) is 13.6. The lowest BCUT2D eigenvalue weighted by Crippen LogP contribution is -2.32. The molecule has 1 fully saturated rings. The van der Waals surface area contributed by atoms with E-state index in [1.807, 2.05) is 36.2 Å². The molecule has 0 bridgehead atoms. The van der Waals surface area contributed by atoms with E-state index in [0.29, 0.717) is 6.54 Å². The van der Waals surface area contributed by atoms with Gasteiger partial charge >= 0.3 is 0 Å². The Labute approximate surface area is 116 Å². The molecule has 1 aliphatic carbocycles. The fourth-order valence-corrected chi connectivity index (χ4v) is 2.92. The zero-order valence-corrected chi connectivity index (χ0v) is 12.2. The number of benzene rings is 1. The maximum absolute atomic E-state index is 12.3. The van der Waals surface area contributed by atoms with Crippen LogP contribution in [0.5, 0.6) is 0 Å². The minimum Gasteiger partial charge on any atom is -0.341 e. The maximum atomic E-state index is 12.3. The zero-order chi connectivity index (χ0) is 13.1. The molecule has 18 heavy (non-hydrogen) atoms. The number of hydrogen-bond donors (Lipinski definition) is 1. The van der Waals surface area contributed by atoms with E-state index in [1.54, 1.807) is 0 Å². The lowest BCUT2D eigenvalue weighted by atomic mass is 10.1. The average Bonchev–Trinajstić information content (AvgIpc) is 2.78. The van der Waals surface area contributed by atoms with Crippen molar-refractivity contribution in [2.75, 3.05) is 7.05 Å². The van der Waals surface area contributed by atoms with Crippen LogP contribution in [0, 0.1) is 5.92 Å². The predicted molar refractivity (Wildman–Crippen MR) is 75.9 cm³/mol. The molecular formula is C14H19BrN2O. The Hall–Kier alpha value is -0.870. The second kappa shape index (κ2) is 5.85. The number of nitrogens with two attached hydrogens (primary N) is 1. The van der Waals surface area contributed by atoms with Gasteiger partial charge in [-0.15, -0.1) is 0 Å². The van der Waals surface area contributed by atoms with E-state index in [0.717, 1.165) is 29.3 Å². The third kappa shape index (κ3) is 3.12. The van der Waals surface area contributed by atoms with E-state index < -0.39 is 0 Å². The number of halogens is 1. The molecule has 2 N–H and O–H groups in total. The molecule has 2 atom stereocenters. The van der Waals surface area contributed by atoms with Crippen molar-refractivity contribution in [2.24, 2.45) is 11.7 Å². The van der Waals surface area contributed by atoms with Crippen LogP contribution in [0.15, 0.2) is 28.7 Å². The first-order valence-corrected chi connectivity index (χ1v) is 7.11. The molecular weight excluding hydrogens is 292 g/mol. The van der Waals surface area contributed by atoms with Crippen molar-refractivity contribution in [1.82, 2.24) is 4.90 Å². The SMILES string of the molecule is CN(Cc1ccccc1Br)C(=O)[C@H]1CC[C@@H](N)C1. The van der Waals surface area contributed by atoms with E-state index in [2.05, 4.69) is 15.9 Å². The Bertz CT molecular complexity index is 436. The fraction of sp³-hybridized carbons (Fsp3) is 0.500. The molecule has 0 heterocycles. The lowest BCUT2D eigenvalue weighted by molar-refractivity contribution is -0.134. The molecule has 98 valence electrons. The third-order valence-electron chi connectivity index (χ3n) is 3.56. The standard InChI is InChI=1S/C14H19BrN2O/c1-17(9-11-4-2-3-5-13(11)15)14(18)10-6-7-12(16)8-10/h2-5,10,12H,6-9,16H2,1H3/t10-,12+/m0/s1. The number of carbonyl (C=O) groups excluding carboxylic acids is 1. The molecule has 0 radical (unpaired) electrons. The van der Waals surface area contributed by atoms with Crippen LogP contribution < -0.4 is 5.73 Å². The number of nitrogens with zero attached hydrogens (tertiary/aromatic N) is 1. The average molecular weight is 311 g/mol. The lowest BCUT2D eigenvalue weighted by Gasteiger charge is -2.21. The number of carbonyl (C=O) groups is 1. The molecule has 0 aromatic heterocycles. The summed E-state index contributed by atoms with van der Waals surface area (Å²) < 4.78 is 1.05. The van der Waals surface area contributed by atoms with Gasteiger partial charge in [-0.2, -0.15) is 0 Å². The van der Waals surface area contributed by atoms with Gasteiger partial charge in [0.1, 0.15) is 0 Å². The first-order valence-electron chi connectivity index (χ1n) is 6.32. The monoisotopic (exact) mass is 310 g/mol. The zero-order valence-electron chi connectivity index (χ0n) is 10.6. The normalized spacial score (nSPS) is 23.1. The molecule has 1 aromatic carbocycles. The molecule has 1 aromatic rings. The van der Waals surface area contributed by atoms with Crippen LogP contribution in [0.25, 0.3) is 0 Å². The van der Waals surface area contributed by atoms with Gasteiger partial charge in [0.2, 0.25) is 5.91 Å². The summed E-state index contributed by atoms with van der Waals surface area (Å²) in [6, 6.07) is 8.21. The van der Waals surface area contributed by atoms with Crippen molar-refractivity contribution in [2.45, 2.75) is 31.8 Å². The fourth-order valence-electron chi connectivity index (χ4n) is 2.51. The smallest absolute Gasteiger partial charge is 0.225 e. The molecule has 0 unspecified atom stereocenters. The Morgan fingerprint density at radius 3 is 2.78 bits per heavy atom. The van der Waals surface area contributed by atoms with Gasteiger partial charge in [-0.3, -0.25) is 4.79 Å². The Kier molecular flexibility index (Phi) is 4.40. The largest absolute Gasteiger partial charge is 0.341 e. The summed E-state index contributed by atoms with van der Waals surface area (Å²) in [7, 11) is 1.87. The van der Waals surface area contributed by atoms with Crippen molar-refractivity contribution in [3.63, 3.8) is 0 Å². The predicted octanol–water partition coefficient (Wildman–Crippen LogP) is 2.53. The second-order valence-corrected chi connectivity index (χ2v) is 5.91. The van der Waals surface area contributed by atoms with Gasteiger partial charge in [-0.1, -0.05) is 34.1 Å². The summed E-state index contributed by atoms with van der Waals surface area (Å²) in [6.45, 7) is 0.645. The summed E-state index contributed by atoms with van der Waals surface area (Å²) in [5.74, 6) is 0.339. The summed E-state index contributed by atoms with van der Waals surface area (Å²) in [4.78, 5) is 14.1. The van der Waals surface area contributed by atoms with Crippen LogP contribution in [-0.4, -0.2) is 23.9 Å². The molecule has 2 rings (SSSR count). The molecule has 1 aliphatic rings. The van der Waals surface area contributed by atoms with Crippen LogP contribution in [0.1, 0.15) is 24.8 Å². The van der Waals surface area contributed by atoms with Gasteiger partial charge in [0, 0.05) is 30.0 Å². The van der Waals surface area contributed by atoms with Crippen molar-refractivity contribution in [3.05, 3.63) is 34.3 Å². The van der Waals surface area contributed by atoms with E-state index in [4.69, 9.17) is 5.73 Å². The third-order valence-corrected chi connectivity index (χ3v) is 4.34. The molecule has 0 spiro atoms. The van der Waals surface area contributed by atoms with Gasteiger partial charge in [0.25, 0.3) is 0 Å². The highest BCUT2D eigenvalue weighted by Crippen LogP contribution is 2.26. The molecule has 1 amide bonds. The van der Waals surface area contributed by atoms with Crippen molar-refractivity contribution in [3.8, 4) is 0 Å². The summed E-state index contributed by atoms with van der Waals surface area (Å²) in [6.07, 6.45) is 2.73. The Morgan fingerprint density at radius 1 is 1.44 bits per heavy atom. The highest BCUT2D eigenvalue weighted by atomic mass is 79.9. The van der Waals surface area contributed by atoms with E-state index in [9.17, 15) is 4.79 Å². The van der Waals surface area contributed by atoms with Crippen LogP contribution in [-0.2, 0) is 11.3 Å². The second-order valence-electron chi connectivity index (χ2n) is 5.06. The van der Waals surface area contributed by atoms with Crippen LogP contribution in [0.2, 0.25) is 0 Å². The quantitative estimate of drug-likeness (QED) is 0.932. The van der Waals surface area contributed by atoms with E-state index in [1.165, 1.54) is 0 Å². The number of amides is 1. The molecule has 4 heteroatoms. The highest BCUT2D eigenvalue weighted by molar-refractivity contribution is 9.10. The van der Waals surface area contributed by atoms with Crippen LogP contribution in [0.3, 0.4) is 0 Å². The van der Waals surface area contributed by atoms with Crippen molar-refractivity contribution in [1.29, 1.82) is 0 Å². The highest BCUT2D eigenvalue weighted by Gasteiger charge is 2.29. The maximum Gasteiger partial charge on any atom is 0.225 e. The Balaban J connectivity index is 1.98. The molecule has 0 saturated heterocycles. The minimum absolute atomic E-state index is 0.118. The number of hydrogen-bond acceptors (Lipinski definition) is 2. The topological polar surface area (TPSA) is 46.3 Å². The molecule has 3 nitrogen and oxygen atoms in total. The van der Waals surface area contributed by atoms with Crippen LogP contribution >= 0.6 is 15.9 Å². The van der Waals surface area contributed by atoms with Gasteiger partial charge in [0.15, 0.2) is 0 Å². The van der Waals surface area contributed by atoms with Crippen molar-refractivity contribution < 1.29 is 4.79 Å². The summed E-state index contributed by atoms with van der Waals surface area (Å²) >= 11 is 3.51. The molecule has 1 saturated carbocycles. The summed E-state index contributed by atoms with van der Waals surface area (Å²) in [5.41, 5.74) is 7.00. The first-order chi connectivity index (χ1) is 8.58. The van der Waals surface area contributed by atoms with Gasteiger partial charge < -0.3 is 10.6 Å². The van der Waals surface area contributed by atoms with Crippen molar-refractivity contribution >= 4 is 21.8 Å². The van der Waals surface area contributed by atoms with Gasteiger partial charge in [0.05, 0.1) is 0 Å². The number of rotatable bonds is 3. The van der Waals surface area contributed by atoms with E-state index in [-0.39, 0.29) is 17.9 Å². The van der Waals surface area contributed by atoms with Gasteiger partial charge in [-0.05, 0) is 30.9 Å². The van der Waals surface area contributed by atoms with Crippen LogP contribution in [0.4, 0.5) is 0 Å². The molecule has 0 aliphatic heterocycles. The Morgan fingerprint density at radius 2 is 2.17 bits per heavy atom. The van der Waals surface area contributed by atoms with Gasteiger partial charge in [-0.25, -0.2) is 0 Å². The van der Waals surface area contributed by atoms with E-state index >= 15 is 0 Å². The minimum atomic E-state index is 0.118. The summed E-state index contributed by atoms with van der Waals surface area (Å²) in [5, 5.41) is 0.